The zero-order valence-electron chi connectivity index (χ0n) is 10.6. The van der Waals surface area contributed by atoms with E-state index in [1.807, 2.05) is 0 Å². The minimum atomic E-state index is -0.909. The summed E-state index contributed by atoms with van der Waals surface area (Å²) in [7, 11) is 0. The van der Waals surface area contributed by atoms with E-state index >= 15 is 0 Å². The SMILES string of the molecule is CCCc1nc(N2CCCC2)sc1/C=C/C(=O)O. The number of aromatic nitrogens is 1. The molecule has 0 spiro atoms. The molecule has 0 atom stereocenters. The van der Waals surface area contributed by atoms with Gasteiger partial charge in [0, 0.05) is 19.2 Å². The highest BCUT2D eigenvalue weighted by molar-refractivity contribution is 7.16. The Labute approximate surface area is 111 Å². The summed E-state index contributed by atoms with van der Waals surface area (Å²) in [5, 5.41) is 9.74. The van der Waals surface area contributed by atoms with Crippen molar-refractivity contribution in [1.82, 2.24) is 4.98 Å². The molecule has 1 saturated heterocycles. The van der Waals surface area contributed by atoms with Gasteiger partial charge in [0.25, 0.3) is 0 Å². The second kappa shape index (κ2) is 6.00. The fourth-order valence-electron chi connectivity index (χ4n) is 2.09. The molecular formula is C13H18N2O2S. The molecule has 4 nitrogen and oxygen atoms in total. The van der Waals surface area contributed by atoms with Crippen LogP contribution in [0.4, 0.5) is 5.13 Å². The molecule has 0 aromatic carbocycles. The van der Waals surface area contributed by atoms with E-state index < -0.39 is 5.97 Å². The highest BCUT2D eigenvalue weighted by atomic mass is 32.1. The number of rotatable bonds is 5. The Morgan fingerprint density at radius 3 is 2.83 bits per heavy atom. The maximum atomic E-state index is 10.6. The van der Waals surface area contributed by atoms with Crippen LogP contribution in [0, 0.1) is 0 Å². The summed E-state index contributed by atoms with van der Waals surface area (Å²) in [6, 6.07) is 0. The summed E-state index contributed by atoms with van der Waals surface area (Å²) in [5.74, 6) is -0.909. The third-order valence-electron chi connectivity index (χ3n) is 2.96. The van der Waals surface area contributed by atoms with Gasteiger partial charge in [-0.3, -0.25) is 0 Å². The van der Waals surface area contributed by atoms with Gasteiger partial charge in [-0.2, -0.15) is 0 Å². The Bertz CT molecular complexity index is 448. The Balaban J connectivity index is 2.22. The molecule has 2 rings (SSSR count). The largest absolute Gasteiger partial charge is 0.478 e. The number of thiazole rings is 1. The molecule has 0 saturated carbocycles. The Hall–Kier alpha value is -1.36. The first kappa shape index (κ1) is 13.1. The number of aryl methyl sites for hydroxylation is 1. The number of anilines is 1. The Kier molecular flexibility index (Phi) is 4.36. The van der Waals surface area contributed by atoms with E-state index in [9.17, 15) is 4.79 Å². The molecule has 1 aromatic heterocycles. The monoisotopic (exact) mass is 266 g/mol. The lowest BCUT2D eigenvalue weighted by atomic mass is 10.2. The van der Waals surface area contributed by atoms with Crippen molar-refractivity contribution in [3.63, 3.8) is 0 Å². The van der Waals surface area contributed by atoms with Gasteiger partial charge in [0.1, 0.15) is 0 Å². The number of carboxylic acids is 1. The minimum absolute atomic E-state index is 0.906. The average molecular weight is 266 g/mol. The van der Waals surface area contributed by atoms with Crippen LogP contribution in [0.1, 0.15) is 36.8 Å². The molecule has 18 heavy (non-hydrogen) atoms. The second-order valence-corrected chi connectivity index (χ2v) is 5.43. The Morgan fingerprint density at radius 1 is 1.50 bits per heavy atom. The molecule has 5 heteroatoms. The summed E-state index contributed by atoms with van der Waals surface area (Å²) in [6.45, 7) is 4.25. The fraction of sp³-hybridized carbons (Fsp3) is 0.538. The minimum Gasteiger partial charge on any atom is -0.478 e. The summed E-state index contributed by atoms with van der Waals surface area (Å²) in [5.41, 5.74) is 1.03. The third kappa shape index (κ3) is 3.10. The van der Waals surface area contributed by atoms with Gasteiger partial charge in [0.2, 0.25) is 0 Å². The molecule has 0 bridgehead atoms. The fourth-order valence-corrected chi connectivity index (χ4v) is 3.15. The van der Waals surface area contributed by atoms with Crippen molar-refractivity contribution < 1.29 is 9.90 Å². The molecule has 1 N–H and O–H groups in total. The highest BCUT2D eigenvalue weighted by Gasteiger charge is 2.17. The Morgan fingerprint density at radius 2 is 2.22 bits per heavy atom. The number of carboxylic acid groups (broad SMARTS) is 1. The van der Waals surface area contributed by atoms with E-state index in [1.54, 1.807) is 17.4 Å². The van der Waals surface area contributed by atoms with Gasteiger partial charge in [0.05, 0.1) is 10.6 Å². The average Bonchev–Trinajstić information content (AvgIpc) is 2.95. The van der Waals surface area contributed by atoms with Crippen LogP contribution >= 0.6 is 11.3 Å². The first-order chi connectivity index (χ1) is 8.70. The van der Waals surface area contributed by atoms with Crippen molar-refractivity contribution >= 4 is 28.5 Å². The smallest absolute Gasteiger partial charge is 0.328 e. The van der Waals surface area contributed by atoms with Crippen molar-refractivity contribution in [3.8, 4) is 0 Å². The van der Waals surface area contributed by atoms with E-state index in [0.717, 1.165) is 41.6 Å². The number of aliphatic carboxylic acids is 1. The predicted octanol–water partition coefficient (Wildman–Crippen LogP) is 2.79. The zero-order chi connectivity index (χ0) is 13.0. The number of carbonyl (C=O) groups is 1. The van der Waals surface area contributed by atoms with E-state index in [1.165, 1.54) is 18.9 Å². The second-order valence-electron chi connectivity index (χ2n) is 4.42. The molecular weight excluding hydrogens is 248 g/mol. The van der Waals surface area contributed by atoms with Gasteiger partial charge in [0.15, 0.2) is 5.13 Å². The first-order valence-corrected chi connectivity index (χ1v) is 7.18. The van der Waals surface area contributed by atoms with E-state index in [4.69, 9.17) is 5.11 Å². The van der Waals surface area contributed by atoms with Crippen LogP contribution in [-0.4, -0.2) is 29.1 Å². The predicted molar refractivity (Wildman–Crippen MR) is 74.2 cm³/mol. The summed E-state index contributed by atoms with van der Waals surface area (Å²) >= 11 is 1.60. The van der Waals surface area contributed by atoms with Crippen molar-refractivity contribution in [2.45, 2.75) is 32.6 Å². The van der Waals surface area contributed by atoms with Crippen molar-refractivity contribution in [2.24, 2.45) is 0 Å². The first-order valence-electron chi connectivity index (χ1n) is 6.36. The molecule has 1 aliphatic rings. The van der Waals surface area contributed by atoms with Gasteiger partial charge in [-0.25, -0.2) is 9.78 Å². The van der Waals surface area contributed by atoms with Gasteiger partial charge in [-0.05, 0) is 25.3 Å². The molecule has 1 fully saturated rings. The lowest BCUT2D eigenvalue weighted by molar-refractivity contribution is -0.131. The summed E-state index contributed by atoms with van der Waals surface area (Å²) in [6.07, 6.45) is 7.25. The lowest BCUT2D eigenvalue weighted by Crippen LogP contribution is -2.17. The maximum Gasteiger partial charge on any atom is 0.328 e. The van der Waals surface area contributed by atoms with Gasteiger partial charge in [-0.15, -0.1) is 0 Å². The molecule has 98 valence electrons. The topological polar surface area (TPSA) is 53.4 Å². The van der Waals surface area contributed by atoms with Crippen LogP contribution in [0.15, 0.2) is 6.08 Å². The van der Waals surface area contributed by atoms with Crippen molar-refractivity contribution in [3.05, 3.63) is 16.6 Å². The standard InChI is InChI=1S/C13H18N2O2S/c1-2-5-10-11(6-7-12(16)17)18-13(14-10)15-8-3-4-9-15/h6-7H,2-5,8-9H2,1H3,(H,16,17)/b7-6+. The van der Waals surface area contributed by atoms with Crippen LogP contribution in [0.3, 0.4) is 0 Å². The molecule has 2 heterocycles. The van der Waals surface area contributed by atoms with Crippen LogP contribution in [0.2, 0.25) is 0 Å². The van der Waals surface area contributed by atoms with Gasteiger partial charge < -0.3 is 10.0 Å². The maximum absolute atomic E-state index is 10.6. The van der Waals surface area contributed by atoms with Crippen LogP contribution < -0.4 is 4.90 Å². The molecule has 0 aliphatic carbocycles. The van der Waals surface area contributed by atoms with Crippen LogP contribution in [0.25, 0.3) is 6.08 Å². The van der Waals surface area contributed by atoms with Crippen LogP contribution in [-0.2, 0) is 11.2 Å². The molecule has 1 aromatic rings. The van der Waals surface area contributed by atoms with Crippen LogP contribution in [0.5, 0.6) is 0 Å². The molecule has 0 radical (unpaired) electrons. The number of nitrogens with zero attached hydrogens (tertiary/aromatic N) is 2. The summed E-state index contributed by atoms with van der Waals surface area (Å²) < 4.78 is 0. The van der Waals surface area contributed by atoms with Gasteiger partial charge in [-0.1, -0.05) is 24.7 Å². The molecule has 0 amide bonds. The van der Waals surface area contributed by atoms with Crippen molar-refractivity contribution in [1.29, 1.82) is 0 Å². The molecule has 1 aliphatic heterocycles. The molecule has 0 unspecified atom stereocenters. The third-order valence-corrected chi connectivity index (χ3v) is 4.08. The number of hydrogen-bond donors (Lipinski definition) is 1. The van der Waals surface area contributed by atoms with Gasteiger partial charge >= 0.3 is 5.97 Å². The van der Waals surface area contributed by atoms with E-state index in [2.05, 4.69) is 16.8 Å². The summed E-state index contributed by atoms with van der Waals surface area (Å²) in [4.78, 5) is 18.5. The van der Waals surface area contributed by atoms with Crippen molar-refractivity contribution in [2.75, 3.05) is 18.0 Å². The van der Waals surface area contributed by atoms with E-state index in [-0.39, 0.29) is 0 Å². The quantitative estimate of drug-likeness (QED) is 0.833. The van der Waals surface area contributed by atoms with E-state index in [0.29, 0.717) is 0 Å². The number of hydrogen-bond acceptors (Lipinski definition) is 4. The highest BCUT2D eigenvalue weighted by Crippen LogP contribution is 2.30. The normalized spacial score (nSPS) is 15.7. The lowest BCUT2D eigenvalue weighted by Gasteiger charge is -2.12. The zero-order valence-corrected chi connectivity index (χ0v) is 11.4.